The second-order valence-electron chi connectivity index (χ2n) is 5.00. The summed E-state index contributed by atoms with van der Waals surface area (Å²) in [6, 6.07) is 4.69. The van der Waals surface area contributed by atoms with Crippen LogP contribution in [0.3, 0.4) is 0 Å². The monoisotopic (exact) mass is 327 g/mol. The summed E-state index contributed by atoms with van der Waals surface area (Å²) in [6.45, 7) is 0.670. The Kier molecular flexibility index (Phi) is 4.34. The lowest BCUT2D eigenvalue weighted by Crippen LogP contribution is -2.30. The summed E-state index contributed by atoms with van der Waals surface area (Å²) in [5.41, 5.74) is 0.553. The number of aromatic hydroxyl groups is 1. The summed E-state index contributed by atoms with van der Waals surface area (Å²) >= 11 is 3.44. The van der Waals surface area contributed by atoms with Gasteiger partial charge in [0, 0.05) is 17.9 Å². The van der Waals surface area contributed by atoms with Gasteiger partial charge in [0.05, 0.1) is 12.7 Å². The van der Waals surface area contributed by atoms with E-state index in [1.807, 2.05) is 0 Å². The maximum absolute atomic E-state index is 12.0. The summed E-state index contributed by atoms with van der Waals surface area (Å²) < 4.78 is 4.99. The molecule has 4 nitrogen and oxygen atoms in total. The molecule has 0 radical (unpaired) electrons. The Labute approximate surface area is 121 Å². The molecule has 1 aliphatic rings. The molecule has 2 rings (SSSR count). The zero-order chi connectivity index (χ0) is 13.9. The van der Waals surface area contributed by atoms with E-state index in [1.54, 1.807) is 12.1 Å². The third-order valence-electron chi connectivity index (χ3n) is 3.66. The summed E-state index contributed by atoms with van der Waals surface area (Å²) in [5, 5.41) is 13.7. The number of ether oxygens (including phenoxy) is 1. The van der Waals surface area contributed by atoms with Crippen LogP contribution in [0.25, 0.3) is 0 Å². The molecule has 1 saturated carbocycles. The Morgan fingerprint density at radius 2 is 2.26 bits per heavy atom. The van der Waals surface area contributed by atoms with Crippen molar-refractivity contribution < 1.29 is 14.6 Å². The standard InChI is InChI=1S/C14H18BrNO3/c1-19-10-2-3-11(12(17)8-10)13(18)16-9-14(4-5-14)6-7-15/h2-3,8,17H,4-7,9H2,1H3,(H,16,18). The van der Waals surface area contributed by atoms with Crippen LogP contribution in [0.1, 0.15) is 29.6 Å². The van der Waals surface area contributed by atoms with Gasteiger partial charge >= 0.3 is 0 Å². The fraction of sp³-hybridized carbons (Fsp3) is 0.500. The number of carbonyl (C=O) groups is 1. The molecule has 19 heavy (non-hydrogen) atoms. The molecule has 0 spiro atoms. The lowest BCUT2D eigenvalue weighted by molar-refractivity contribution is 0.0941. The highest BCUT2D eigenvalue weighted by atomic mass is 79.9. The van der Waals surface area contributed by atoms with E-state index in [4.69, 9.17) is 4.74 Å². The van der Waals surface area contributed by atoms with Crippen LogP contribution in [0.2, 0.25) is 0 Å². The molecular weight excluding hydrogens is 310 g/mol. The topological polar surface area (TPSA) is 58.6 Å². The SMILES string of the molecule is COc1ccc(C(=O)NCC2(CCBr)CC2)c(O)c1. The largest absolute Gasteiger partial charge is 0.507 e. The van der Waals surface area contributed by atoms with Crippen molar-refractivity contribution in [2.75, 3.05) is 19.0 Å². The van der Waals surface area contributed by atoms with Crippen molar-refractivity contribution in [1.82, 2.24) is 5.32 Å². The van der Waals surface area contributed by atoms with Crippen LogP contribution in [-0.2, 0) is 0 Å². The Balaban J connectivity index is 1.96. The van der Waals surface area contributed by atoms with Crippen LogP contribution in [0.5, 0.6) is 11.5 Å². The van der Waals surface area contributed by atoms with Crippen LogP contribution in [-0.4, -0.2) is 30.0 Å². The molecule has 1 aromatic carbocycles. The number of hydrogen-bond donors (Lipinski definition) is 2. The highest BCUT2D eigenvalue weighted by Crippen LogP contribution is 2.48. The van der Waals surface area contributed by atoms with E-state index in [9.17, 15) is 9.90 Å². The molecule has 0 unspecified atom stereocenters. The van der Waals surface area contributed by atoms with Crippen molar-refractivity contribution in [3.8, 4) is 11.5 Å². The van der Waals surface area contributed by atoms with E-state index in [1.165, 1.54) is 13.2 Å². The minimum absolute atomic E-state index is 0.0535. The summed E-state index contributed by atoms with van der Waals surface area (Å²) in [5.74, 6) is 0.246. The summed E-state index contributed by atoms with van der Waals surface area (Å²) in [6.07, 6.45) is 3.39. The predicted octanol–water partition coefficient (Wildman–Crippen LogP) is 2.70. The van der Waals surface area contributed by atoms with E-state index >= 15 is 0 Å². The highest BCUT2D eigenvalue weighted by molar-refractivity contribution is 9.09. The number of benzene rings is 1. The number of carbonyl (C=O) groups excluding carboxylic acids is 1. The smallest absolute Gasteiger partial charge is 0.255 e. The van der Waals surface area contributed by atoms with E-state index in [0.717, 1.165) is 24.6 Å². The van der Waals surface area contributed by atoms with E-state index in [-0.39, 0.29) is 22.6 Å². The Morgan fingerprint density at radius 1 is 1.53 bits per heavy atom. The third-order valence-corrected chi connectivity index (χ3v) is 4.05. The first kappa shape index (κ1) is 14.2. The van der Waals surface area contributed by atoms with Crippen molar-refractivity contribution in [3.05, 3.63) is 23.8 Å². The lowest BCUT2D eigenvalue weighted by atomic mass is 10.0. The minimum atomic E-state index is -0.235. The van der Waals surface area contributed by atoms with Gasteiger partial charge in [0.25, 0.3) is 5.91 Å². The molecule has 0 heterocycles. The van der Waals surface area contributed by atoms with Crippen molar-refractivity contribution in [3.63, 3.8) is 0 Å². The third kappa shape index (κ3) is 3.41. The number of phenolic OH excluding ortho intramolecular Hbond substituents is 1. The summed E-state index contributed by atoms with van der Waals surface area (Å²) in [7, 11) is 1.52. The molecule has 1 amide bonds. The van der Waals surface area contributed by atoms with Gasteiger partial charge in [-0.1, -0.05) is 15.9 Å². The quantitative estimate of drug-likeness (QED) is 0.790. The van der Waals surface area contributed by atoms with Gasteiger partial charge in [-0.3, -0.25) is 4.79 Å². The molecule has 0 aliphatic heterocycles. The van der Waals surface area contributed by atoms with E-state index in [0.29, 0.717) is 12.3 Å². The van der Waals surface area contributed by atoms with Crippen molar-refractivity contribution >= 4 is 21.8 Å². The Morgan fingerprint density at radius 3 is 2.79 bits per heavy atom. The Bertz CT molecular complexity index is 472. The number of amides is 1. The number of phenols is 1. The molecule has 0 aromatic heterocycles. The zero-order valence-corrected chi connectivity index (χ0v) is 12.5. The molecular formula is C14H18BrNO3. The van der Waals surface area contributed by atoms with Crippen molar-refractivity contribution in [2.24, 2.45) is 5.41 Å². The van der Waals surface area contributed by atoms with Crippen LogP contribution in [0, 0.1) is 5.41 Å². The van der Waals surface area contributed by atoms with Crippen LogP contribution in [0.15, 0.2) is 18.2 Å². The van der Waals surface area contributed by atoms with Gasteiger partial charge in [-0.05, 0) is 36.8 Å². The van der Waals surface area contributed by atoms with Gasteiger partial charge in [0.2, 0.25) is 0 Å². The molecule has 0 saturated heterocycles. The zero-order valence-electron chi connectivity index (χ0n) is 10.9. The van der Waals surface area contributed by atoms with Crippen molar-refractivity contribution in [2.45, 2.75) is 19.3 Å². The molecule has 1 aromatic rings. The van der Waals surface area contributed by atoms with Gasteiger partial charge in [0.15, 0.2) is 0 Å². The van der Waals surface area contributed by atoms with Gasteiger partial charge in [-0.15, -0.1) is 0 Å². The van der Waals surface area contributed by atoms with E-state index in [2.05, 4.69) is 21.2 Å². The molecule has 0 bridgehead atoms. The van der Waals surface area contributed by atoms with Crippen molar-refractivity contribution in [1.29, 1.82) is 0 Å². The van der Waals surface area contributed by atoms with E-state index < -0.39 is 0 Å². The Hall–Kier alpha value is -1.23. The fourth-order valence-corrected chi connectivity index (χ4v) is 2.93. The second-order valence-corrected chi connectivity index (χ2v) is 5.80. The maximum Gasteiger partial charge on any atom is 0.255 e. The first-order valence-corrected chi connectivity index (χ1v) is 7.43. The number of alkyl halides is 1. The molecule has 0 atom stereocenters. The predicted molar refractivity (Wildman–Crippen MR) is 77.1 cm³/mol. The fourth-order valence-electron chi connectivity index (χ4n) is 2.09. The molecule has 1 aliphatic carbocycles. The molecule has 2 N–H and O–H groups in total. The number of nitrogens with one attached hydrogen (secondary N) is 1. The average molecular weight is 328 g/mol. The van der Waals surface area contributed by atoms with Crippen LogP contribution < -0.4 is 10.1 Å². The molecule has 104 valence electrons. The van der Waals surface area contributed by atoms with Crippen LogP contribution >= 0.6 is 15.9 Å². The van der Waals surface area contributed by atoms with Gasteiger partial charge < -0.3 is 15.2 Å². The van der Waals surface area contributed by atoms with Crippen LogP contribution in [0.4, 0.5) is 0 Å². The summed E-state index contributed by atoms with van der Waals surface area (Å²) in [4.78, 5) is 12.0. The number of halogens is 1. The average Bonchev–Trinajstić information content (AvgIpc) is 3.16. The molecule has 5 heteroatoms. The van der Waals surface area contributed by atoms with Gasteiger partial charge in [0.1, 0.15) is 11.5 Å². The number of methoxy groups -OCH3 is 1. The molecule has 1 fully saturated rings. The number of rotatable bonds is 6. The minimum Gasteiger partial charge on any atom is -0.507 e. The maximum atomic E-state index is 12.0. The lowest BCUT2D eigenvalue weighted by Gasteiger charge is -2.15. The normalized spacial score (nSPS) is 15.9. The first-order chi connectivity index (χ1) is 9.10. The second kappa shape index (κ2) is 5.82. The highest BCUT2D eigenvalue weighted by Gasteiger charge is 2.41. The first-order valence-electron chi connectivity index (χ1n) is 6.31. The van der Waals surface area contributed by atoms with Gasteiger partial charge in [-0.2, -0.15) is 0 Å². The van der Waals surface area contributed by atoms with Gasteiger partial charge in [-0.25, -0.2) is 0 Å². The number of hydrogen-bond acceptors (Lipinski definition) is 3.